The maximum Gasteiger partial charge on any atom is 0.220 e. The molecule has 2 aromatic rings. The number of aromatic nitrogens is 1. The average Bonchev–Trinajstić information content (AvgIpc) is 3.00. The van der Waals surface area contributed by atoms with Gasteiger partial charge in [-0.2, -0.15) is 0 Å². The van der Waals surface area contributed by atoms with E-state index in [0.717, 1.165) is 37.3 Å². The van der Waals surface area contributed by atoms with Crippen molar-refractivity contribution in [3.05, 3.63) is 46.3 Å². The Bertz CT molecular complexity index is 649. The zero-order valence-corrected chi connectivity index (χ0v) is 15.6. The predicted molar refractivity (Wildman–Crippen MR) is 104 cm³/mol. The number of thiophene rings is 1. The van der Waals surface area contributed by atoms with Gasteiger partial charge in [0.25, 0.3) is 0 Å². The van der Waals surface area contributed by atoms with Gasteiger partial charge in [0.2, 0.25) is 5.91 Å². The number of rotatable bonds is 7. The quantitative estimate of drug-likeness (QED) is 0.809. The first-order valence-electron chi connectivity index (χ1n) is 9.30. The van der Waals surface area contributed by atoms with E-state index in [-0.39, 0.29) is 5.91 Å². The van der Waals surface area contributed by atoms with E-state index in [4.69, 9.17) is 0 Å². The monoisotopic (exact) mass is 357 g/mol. The molecule has 1 fully saturated rings. The Kier molecular flexibility index (Phi) is 6.86. The molecule has 0 spiro atoms. The molecule has 4 nitrogen and oxygen atoms in total. The maximum atomic E-state index is 12.0. The van der Waals surface area contributed by atoms with Crippen LogP contribution in [-0.4, -0.2) is 24.0 Å². The standard InChI is InChI=1S/C20H27N3OS/c24-20(9-5-7-18-8-6-14-25-18)22-16-17-10-11-21-19(15-17)23-12-3-1-2-4-13-23/h6,8,10-11,14-15H,1-5,7,9,12-13,16H2,(H,22,24). The number of nitrogens with one attached hydrogen (secondary N) is 1. The van der Waals surface area contributed by atoms with E-state index >= 15 is 0 Å². The highest BCUT2D eigenvalue weighted by molar-refractivity contribution is 7.09. The lowest BCUT2D eigenvalue weighted by Gasteiger charge is -2.21. The van der Waals surface area contributed by atoms with Gasteiger partial charge in [-0.3, -0.25) is 4.79 Å². The van der Waals surface area contributed by atoms with E-state index in [9.17, 15) is 4.79 Å². The third-order valence-corrected chi connectivity index (χ3v) is 5.57. The molecule has 25 heavy (non-hydrogen) atoms. The maximum absolute atomic E-state index is 12.0. The van der Waals surface area contributed by atoms with Crippen molar-refractivity contribution in [2.24, 2.45) is 0 Å². The molecule has 1 aliphatic rings. The zero-order valence-electron chi connectivity index (χ0n) is 14.7. The van der Waals surface area contributed by atoms with Gasteiger partial charge < -0.3 is 10.2 Å². The van der Waals surface area contributed by atoms with Crippen molar-refractivity contribution in [3.63, 3.8) is 0 Å². The van der Waals surface area contributed by atoms with Crippen LogP contribution in [0.2, 0.25) is 0 Å². The van der Waals surface area contributed by atoms with Crippen LogP contribution in [0.3, 0.4) is 0 Å². The zero-order chi connectivity index (χ0) is 17.3. The van der Waals surface area contributed by atoms with E-state index in [0.29, 0.717) is 13.0 Å². The highest BCUT2D eigenvalue weighted by Crippen LogP contribution is 2.18. The number of nitrogens with zero attached hydrogens (tertiary/aromatic N) is 2. The molecule has 0 bridgehead atoms. The molecule has 0 aromatic carbocycles. The van der Waals surface area contributed by atoms with Crippen LogP contribution >= 0.6 is 11.3 Å². The van der Waals surface area contributed by atoms with Gasteiger partial charge in [-0.25, -0.2) is 4.98 Å². The molecule has 134 valence electrons. The molecular weight excluding hydrogens is 330 g/mol. The molecule has 3 heterocycles. The second-order valence-electron chi connectivity index (χ2n) is 6.63. The van der Waals surface area contributed by atoms with Crippen LogP contribution in [0.4, 0.5) is 5.82 Å². The largest absolute Gasteiger partial charge is 0.357 e. The number of aryl methyl sites for hydroxylation is 1. The third kappa shape index (κ3) is 5.85. The molecule has 0 atom stereocenters. The van der Waals surface area contributed by atoms with Crippen molar-refractivity contribution in [1.29, 1.82) is 0 Å². The van der Waals surface area contributed by atoms with E-state index in [1.54, 1.807) is 11.3 Å². The van der Waals surface area contributed by atoms with Crippen LogP contribution in [-0.2, 0) is 17.8 Å². The summed E-state index contributed by atoms with van der Waals surface area (Å²) in [5.41, 5.74) is 1.13. The summed E-state index contributed by atoms with van der Waals surface area (Å²) in [6.45, 7) is 2.76. The molecule has 1 aliphatic heterocycles. The molecule has 3 rings (SSSR count). The summed E-state index contributed by atoms with van der Waals surface area (Å²) in [5, 5.41) is 5.12. The van der Waals surface area contributed by atoms with E-state index in [2.05, 4.69) is 38.8 Å². The first kappa shape index (κ1) is 17.9. The number of carbonyl (C=O) groups excluding carboxylic acids is 1. The highest BCUT2D eigenvalue weighted by Gasteiger charge is 2.11. The fourth-order valence-electron chi connectivity index (χ4n) is 3.21. The fourth-order valence-corrected chi connectivity index (χ4v) is 3.96. The van der Waals surface area contributed by atoms with Gasteiger partial charge in [-0.1, -0.05) is 18.9 Å². The predicted octanol–water partition coefficient (Wildman–Crippen LogP) is 4.16. The Morgan fingerprint density at radius 3 is 2.80 bits per heavy atom. The molecular formula is C20H27N3OS. The van der Waals surface area contributed by atoms with Crippen molar-refractivity contribution in [1.82, 2.24) is 10.3 Å². The Morgan fingerprint density at radius 1 is 1.20 bits per heavy atom. The van der Waals surface area contributed by atoms with E-state index in [1.807, 2.05) is 12.3 Å². The van der Waals surface area contributed by atoms with E-state index < -0.39 is 0 Å². The number of hydrogen-bond acceptors (Lipinski definition) is 4. The van der Waals surface area contributed by atoms with Crippen LogP contribution in [0.25, 0.3) is 0 Å². The van der Waals surface area contributed by atoms with Gasteiger partial charge in [-0.05, 0) is 54.8 Å². The lowest BCUT2D eigenvalue weighted by Crippen LogP contribution is -2.26. The number of amides is 1. The molecule has 0 unspecified atom stereocenters. The van der Waals surface area contributed by atoms with Crippen LogP contribution in [0.5, 0.6) is 0 Å². The summed E-state index contributed by atoms with van der Waals surface area (Å²) in [7, 11) is 0. The van der Waals surface area contributed by atoms with Crippen molar-refractivity contribution in [2.45, 2.75) is 51.5 Å². The molecule has 2 aromatic heterocycles. The SMILES string of the molecule is O=C(CCCc1cccs1)NCc1ccnc(N2CCCCCC2)c1. The summed E-state index contributed by atoms with van der Waals surface area (Å²) in [4.78, 5) is 20.3. The van der Waals surface area contributed by atoms with Gasteiger partial charge in [0.05, 0.1) is 0 Å². The second kappa shape index (κ2) is 9.56. The summed E-state index contributed by atoms with van der Waals surface area (Å²) in [6, 6.07) is 8.31. The highest BCUT2D eigenvalue weighted by atomic mass is 32.1. The molecule has 0 aliphatic carbocycles. The van der Waals surface area contributed by atoms with E-state index in [1.165, 1.54) is 30.6 Å². The minimum atomic E-state index is 0.129. The summed E-state index contributed by atoms with van der Waals surface area (Å²) < 4.78 is 0. The number of carbonyl (C=O) groups is 1. The van der Waals surface area contributed by atoms with Crippen molar-refractivity contribution < 1.29 is 4.79 Å². The molecule has 1 amide bonds. The Balaban J connectivity index is 1.44. The lowest BCUT2D eigenvalue weighted by atomic mass is 10.2. The second-order valence-corrected chi connectivity index (χ2v) is 7.67. The van der Waals surface area contributed by atoms with Crippen LogP contribution in [0.1, 0.15) is 49.0 Å². The first-order valence-corrected chi connectivity index (χ1v) is 10.2. The average molecular weight is 358 g/mol. The smallest absolute Gasteiger partial charge is 0.220 e. The van der Waals surface area contributed by atoms with Gasteiger partial charge >= 0.3 is 0 Å². The minimum absolute atomic E-state index is 0.129. The number of pyridine rings is 1. The number of anilines is 1. The van der Waals surface area contributed by atoms with Crippen molar-refractivity contribution in [3.8, 4) is 0 Å². The fraction of sp³-hybridized carbons (Fsp3) is 0.500. The lowest BCUT2D eigenvalue weighted by molar-refractivity contribution is -0.121. The van der Waals surface area contributed by atoms with Crippen LogP contribution in [0, 0.1) is 0 Å². The molecule has 0 saturated carbocycles. The Morgan fingerprint density at radius 2 is 2.04 bits per heavy atom. The van der Waals surface area contributed by atoms with Gasteiger partial charge in [0.15, 0.2) is 0 Å². The number of hydrogen-bond donors (Lipinski definition) is 1. The van der Waals surface area contributed by atoms with Crippen LogP contribution < -0.4 is 10.2 Å². The normalized spacial score (nSPS) is 15.0. The van der Waals surface area contributed by atoms with Gasteiger partial charge in [-0.15, -0.1) is 11.3 Å². The van der Waals surface area contributed by atoms with Gasteiger partial charge in [0.1, 0.15) is 5.82 Å². The third-order valence-electron chi connectivity index (χ3n) is 4.64. The summed E-state index contributed by atoms with van der Waals surface area (Å²) in [6.07, 6.45) is 9.46. The topological polar surface area (TPSA) is 45.2 Å². The minimum Gasteiger partial charge on any atom is -0.357 e. The van der Waals surface area contributed by atoms with Gasteiger partial charge in [0, 0.05) is 37.1 Å². The molecule has 1 saturated heterocycles. The first-order chi connectivity index (χ1) is 12.3. The van der Waals surface area contributed by atoms with Crippen LogP contribution in [0.15, 0.2) is 35.8 Å². The Labute approximate surface area is 154 Å². The summed E-state index contributed by atoms with van der Waals surface area (Å²) in [5.74, 6) is 1.18. The Hall–Kier alpha value is -1.88. The molecule has 5 heteroatoms. The van der Waals surface area contributed by atoms with Crippen molar-refractivity contribution in [2.75, 3.05) is 18.0 Å². The molecule has 0 radical (unpaired) electrons. The molecule has 1 N–H and O–H groups in total. The van der Waals surface area contributed by atoms with Crippen molar-refractivity contribution >= 4 is 23.1 Å². The summed E-state index contributed by atoms with van der Waals surface area (Å²) >= 11 is 1.76.